The Morgan fingerprint density at radius 3 is 1.96 bits per heavy atom. The Bertz CT molecular complexity index is 2660. The van der Waals surface area contributed by atoms with Crippen LogP contribution in [0.5, 0.6) is 11.5 Å². The Labute approximate surface area is 393 Å². The van der Waals surface area contributed by atoms with Crippen LogP contribution in [0.15, 0.2) is 115 Å². The number of hydrogen-bond donors (Lipinski definition) is 4. The van der Waals surface area contributed by atoms with Crippen molar-refractivity contribution in [3.8, 4) is 11.5 Å². The molecular formula is C49H61N5O11S2. The molecule has 0 fully saturated rings. The van der Waals surface area contributed by atoms with Crippen LogP contribution in [0.4, 0.5) is 17.1 Å². The van der Waals surface area contributed by atoms with Gasteiger partial charge in [-0.3, -0.25) is 14.1 Å². The van der Waals surface area contributed by atoms with Crippen LogP contribution in [0.2, 0.25) is 0 Å². The lowest BCUT2D eigenvalue weighted by molar-refractivity contribution is -0.120. The van der Waals surface area contributed by atoms with Gasteiger partial charge in [0.15, 0.2) is 5.54 Å². The summed E-state index contributed by atoms with van der Waals surface area (Å²) in [6, 6.07) is 18.5. The predicted octanol–water partition coefficient (Wildman–Crippen LogP) is 11.3. The maximum Gasteiger partial charge on any atom is 0.339 e. The average molecular weight is 960 g/mol. The number of nitrogens with one attached hydrogen (secondary N) is 1. The summed E-state index contributed by atoms with van der Waals surface area (Å²) >= 11 is 0. The molecule has 0 aromatic heterocycles. The van der Waals surface area contributed by atoms with Gasteiger partial charge >= 0.3 is 5.97 Å². The Balaban J connectivity index is 1.43. The molecule has 16 nitrogen and oxygen atoms in total. The molecule has 0 radical (unpaired) electrons. The first kappa shape index (κ1) is 52.0. The second kappa shape index (κ2) is 24.2. The van der Waals surface area contributed by atoms with E-state index >= 15 is 0 Å². The summed E-state index contributed by atoms with van der Waals surface area (Å²) in [6.07, 6.45) is 17.5. The molecule has 0 saturated carbocycles. The van der Waals surface area contributed by atoms with E-state index in [0.717, 1.165) is 61.0 Å². The third-order valence-electron chi connectivity index (χ3n) is 11.6. The molecule has 1 unspecified atom stereocenters. The minimum absolute atomic E-state index is 0.0164. The number of ether oxygens (including phenoxy) is 1. The van der Waals surface area contributed by atoms with Crippen LogP contribution >= 0.6 is 0 Å². The Morgan fingerprint density at radius 2 is 1.37 bits per heavy atom. The van der Waals surface area contributed by atoms with Gasteiger partial charge < -0.3 is 20.3 Å². The van der Waals surface area contributed by atoms with Gasteiger partial charge in [0.2, 0.25) is 9.84 Å². The number of sulfone groups is 1. The largest absolute Gasteiger partial charge is 0.507 e. The van der Waals surface area contributed by atoms with E-state index in [4.69, 9.17) is 4.74 Å². The molecule has 4 aromatic rings. The first-order chi connectivity index (χ1) is 32.0. The second-order valence-electron chi connectivity index (χ2n) is 16.7. The number of azo groups is 1. The second-order valence-corrected chi connectivity index (χ2v) is 20.0. The van der Waals surface area contributed by atoms with Crippen LogP contribution in [0.1, 0.15) is 144 Å². The third kappa shape index (κ3) is 13.8. The molecule has 67 heavy (non-hydrogen) atoms. The fourth-order valence-electron chi connectivity index (χ4n) is 7.75. The molecule has 18 heteroatoms. The highest BCUT2D eigenvalue weighted by Crippen LogP contribution is 2.39. The fraction of sp³-hybridized carbons (Fsp3) is 0.429. The van der Waals surface area contributed by atoms with Gasteiger partial charge in [-0.15, -0.1) is 0 Å². The van der Waals surface area contributed by atoms with Crippen LogP contribution in [-0.4, -0.2) is 67.2 Å². The van der Waals surface area contributed by atoms with Crippen molar-refractivity contribution in [2.24, 2.45) is 15.3 Å². The third-order valence-corrected chi connectivity index (χ3v) is 14.2. The van der Waals surface area contributed by atoms with E-state index in [0.29, 0.717) is 6.42 Å². The number of carboxylic acid groups (broad SMARTS) is 1. The summed E-state index contributed by atoms with van der Waals surface area (Å²) in [4.78, 5) is 37.9. The number of nitrogens with zero attached hydrogens (tertiary/aromatic N) is 4. The van der Waals surface area contributed by atoms with Crippen molar-refractivity contribution >= 4 is 60.5 Å². The molecule has 5 rings (SSSR count). The van der Waals surface area contributed by atoms with E-state index in [1.165, 1.54) is 95.4 Å². The number of amides is 2. The fourth-order valence-corrected chi connectivity index (χ4v) is 9.84. The lowest BCUT2D eigenvalue weighted by Gasteiger charge is -2.20. The van der Waals surface area contributed by atoms with E-state index < -0.39 is 69.3 Å². The Kier molecular flexibility index (Phi) is 18.8. The molecule has 0 bridgehead atoms. The topological polar surface area (TPSA) is 242 Å². The molecule has 4 aromatic carbocycles. The summed E-state index contributed by atoms with van der Waals surface area (Å²) in [6.45, 7) is 5.42. The lowest BCUT2D eigenvalue weighted by Crippen LogP contribution is -2.42. The minimum Gasteiger partial charge on any atom is -0.507 e. The van der Waals surface area contributed by atoms with Gasteiger partial charge in [-0.1, -0.05) is 115 Å². The van der Waals surface area contributed by atoms with Gasteiger partial charge in [-0.05, 0) is 93.4 Å². The molecule has 1 aliphatic heterocycles. The number of carboxylic acids is 1. The van der Waals surface area contributed by atoms with Gasteiger partial charge in [0, 0.05) is 11.3 Å². The number of carbonyl (C=O) groups excluding carboxylic acids is 2. The predicted molar refractivity (Wildman–Crippen MR) is 256 cm³/mol. The Hall–Kier alpha value is -5.98. The van der Waals surface area contributed by atoms with Crippen molar-refractivity contribution < 1.29 is 50.7 Å². The number of anilines is 2. The molecule has 1 heterocycles. The number of aromatic hydroxyl groups is 1. The molecule has 4 N–H and O–H groups in total. The van der Waals surface area contributed by atoms with E-state index in [1.807, 2.05) is 0 Å². The van der Waals surface area contributed by atoms with Crippen LogP contribution in [0, 0.1) is 0 Å². The number of hydrogen-bond acceptors (Lipinski definition) is 12. The number of carbonyl (C=O) groups is 3. The molecule has 1 aliphatic rings. The maximum atomic E-state index is 14.5. The number of aromatic carboxylic acids is 1. The summed E-state index contributed by atoms with van der Waals surface area (Å²) < 4.78 is 69.1. The van der Waals surface area contributed by atoms with Gasteiger partial charge in [0.05, 0.1) is 22.9 Å². The lowest BCUT2D eigenvalue weighted by atomic mass is 9.92. The number of hydrazone groups is 1. The van der Waals surface area contributed by atoms with Crippen molar-refractivity contribution in [3.05, 3.63) is 96.1 Å². The Morgan fingerprint density at radius 1 is 0.761 bits per heavy atom. The molecule has 2 amide bonds. The molecule has 1 atom stereocenters. The molecule has 0 aliphatic carbocycles. The highest BCUT2D eigenvalue weighted by Gasteiger charge is 2.48. The highest BCUT2D eigenvalue weighted by molar-refractivity contribution is 7.91. The smallest absolute Gasteiger partial charge is 0.339 e. The summed E-state index contributed by atoms with van der Waals surface area (Å²) in [5.41, 5.74) is -2.22. The van der Waals surface area contributed by atoms with Crippen LogP contribution in [-0.2, 0) is 24.7 Å². The van der Waals surface area contributed by atoms with Crippen molar-refractivity contribution in [1.82, 2.24) is 0 Å². The first-order valence-electron chi connectivity index (χ1n) is 22.9. The van der Waals surface area contributed by atoms with Gasteiger partial charge in [-0.2, -0.15) is 28.8 Å². The quantitative estimate of drug-likeness (QED) is 0.0249. The van der Waals surface area contributed by atoms with Crippen LogP contribution in [0.3, 0.4) is 0 Å². The molecule has 0 spiro atoms. The maximum absolute atomic E-state index is 14.5. The zero-order valence-corrected chi connectivity index (χ0v) is 39.9. The standard InChI is InChI=1S/C49H61N5O11S2/c1-4-6-7-8-9-10-11-12-13-14-15-16-17-18-22-25-45-49(3,48(59)54(52-45)37-27-31-42(65-5-2)44(33-37)67(62,63)64)53-51-40-29-26-36(50-46(56)35-23-20-19-21-24-35)32-43(40)66(60,61)38-28-30-41(55)39(34-38)47(57)58/h19-21,23-24,26-34,55H,4-18,22,25H2,1-3H3,(H,50,56)(H,57,58)(H,62,63,64). The van der Waals surface area contributed by atoms with E-state index in [2.05, 4.69) is 27.6 Å². The van der Waals surface area contributed by atoms with Crippen molar-refractivity contribution in [1.29, 1.82) is 0 Å². The highest BCUT2D eigenvalue weighted by atomic mass is 32.2. The zero-order chi connectivity index (χ0) is 48.6. The SMILES string of the molecule is CCCCCCCCCCCCCCCCCC1=NN(c2ccc(OCC)c(S(=O)(=O)O)c2)C(=O)C1(C)N=Nc1ccc(NC(=O)c2ccccc2)cc1S(=O)(=O)c1ccc(O)c(C(=O)O)c1. The molecule has 0 saturated heterocycles. The van der Waals surface area contributed by atoms with E-state index in [-0.39, 0.29) is 47.1 Å². The average Bonchev–Trinajstić information content (AvgIpc) is 3.55. The van der Waals surface area contributed by atoms with E-state index in [1.54, 1.807) is 37.3 Å². The van der Waals surface area contributed by atoms with E-state index in [9.17, 15) is 46.0 Å². The normalized spacial score (nSPS) is 15.3. The van der Waals surface area contributed by atoms with Crippen LogP contribution < -0.4 is 15.1 Å². The number of phenols is 1. The monoisotopic (exact) mass is 959 g/mol. The van der Waals surface area contributed by atoms with Crippen molar-refractivity contribution in [3.63, 3.8) is 0 Å². The summed E-state index contributed by atoms with van der Waals surface area (Å²) in [5.74, 6) is -3.67. The van der Waals surface area contributed by atoms with Crippen molar-refractivity contribution in [2.75, 3.05) is 16.9 Å². The minimum atomic E-state index is -4.81. The van der Waals surface area contributed by atoms with Crippen molar-refractivity contribution in [2.45, 2.75) is 144 Å². The zero-order valence-electron chi connectivity index (χ0n) is 38.3. The van der Waals surface area contributed by atoms with Gasteiger partial charge in [0.25, 0.3) is 21.9 Å². The molecular weight excluding hydrogens is 899 g/mol. The number of benzene rings is 4. The number of rotatable bonds is 27. The summed E-state index contributed by atoms with van der Waals surface area (Å²) in [7, 11) is -9.49. The van der Waals surface area contributed by atoms with Gasteiger partial charge in [-0.25, -0.2) is 13.2 Å². The molecule has 360 valence electrons. The summed E-state index contributed by atoms with van der Waals surface area (Å²) in [5, 5.41) is 36.9. The first-order valence-corrected chi connectivity index (χ1v) is 25.8. The van der Waals surface area contributed by atoms with Crippen LogP contribution in [0.25, 0.3) is 0 Å². The number of unbranched alkanes of at least 4 members (excludes halogenated alkanes) is 14. The van der Waals surface area contributed by atoms with Gasteiger partial charge in [0.1, 0.15) is 32.5 Å².